The van der Waals surface area contributed by atoms with Gasteiger partial charge in [0.05, 0.1) is 7.11 Å². The van der Waals surface area contributed by atoms with Crippen molar-refractivity contribution in [3.63, 3.8) is 0 Å². The van der Waals surface area contributed by atoms with Gasteiger partial charge in [-0.2, -0.15) is 8.78 Å². The van der Waals surface area contributed by atoms with Gasteiger partial charge in [-0.25, -0.2) is 4.79 Å². The molecule has 1 aromatic carbocycles. The molecule has 1 amide bonds. The first-order chi connectivity index (χ1) is 9.92. The van der Waals surface area contributed by atoms with Crippen molar-refractivity contribution in [2.75, 3.05) is 13.7 Å². The Balaban J connectivity index is 2.75. The molecule has 0 spiro atoms. The molecule has 6 nitrogen and oxygen atoms in total. The zero-order valence-corrected chi connectivity index (χ0v) is 11.0. The van der Waals surface area contributed by atoms with Gasteiger partial charge in [0.15, 0.2) is 18.1 Å². The summed E-state index contributed by atoms with van der Waals surface area (Å²) in [5.74, 6) is -1.57. The molecule has 114 valence electrons. The number of benzene rings is 1. The minimum Gasteiger partial charge on any atom is -0.493 e. The number of amides is 1. The molecule has 1 rings (SSSR count). The molecule has 0 aromatic heterocycles. The molecule has 0 aliphatic heterocycles. The quantitative estimate of drug-likeness (QED) is 0.606. The van der Waals surface area contributed by atoms with E-state index < -0.39 is 25.1 Å². The summed E-state index contributed by atoms with van der Waals surface area (Å²) in [6, 6.07) is 4.12. The van der Waals surface area contributed by atoms with E-state index in [1.165, 1.54) is 31.4 Å². The van der Waals surface area contributed by atoms with Crippen molar-refractivity contribution >= 4 is 18.0 Å². The van der Waals surface area contributed by atoms with Gasteiger partial charge >= 0.3 is 12.6 Å². The average Bonchev–Trinajstić information content (AvgIpc) is 2.43. The first-order valence-electron chi connectivity index (χ1n) is 5.68. The molecule has 2 N–H and O–H groups in total. The van der Waals surface area contributed by atoms with Gasteiger partial charge in [0, 0.05) is 6.08 Å². The SMILES string of the molecule is COc1cc(/C=C/C(=O)OCC(N)=O)ccc1OC(F)F. The maximum Gasteiger partial charge on any atom is 0.387 e. The summed E-state index contributed by atoms with van der Waals surface area (Å²) >= 11 is 0. The summed E-state index contributed by atoms with van der Waals surface area (Å²) in [6.07, 6.45) is 2.42. The highest BCUT2D eigenvalue weighted by Crippen LogP contribution is 2.29. The summed E-state index contributed by atoms with van der Waals surface area (Å²) in [4.78, 5) is 21.6. The third kappa shape index (κ3) is 5.89. The highest BCUT2D eigenvalue weighted by atomic mass is 19.3. The van der Waals surface area contributed by atoms with Crippen molar-refractivity contribution in [1.82, 2.24) is 0 Å². The van der Waals surface area contributed by atoms with Crippen molar-refractivity contribution in [3.05, 3.63) is 29.8 Å². The predicted octanol–water partition coefficient (Wildman–Crippen LogP) is 1.34. The van der Waals surface area contributed by atoms with Gasteiger partial charge in [0.25, 0.3) is 5.91 Å². The Morgan fingerprint density at radius 2 is 2.05 bits per heavy atom. The van der Waals surface area contributed by atoms with E-state index in [0.717, 1.165) is 6.08 Å². The van der Waals surface area contributed by atoms with Crippen LogP contribution in [0.3, 0.4) is 0 Å². The van der Waals surface area contributed by atoms with Crippen LogP contribution in [-0.4, -0.2) is 32.2 Å². The van der Waals surface area contributed by atoms with Crippen LogP contribution in [0, 0.1) is 0 Å². The predicted molar refractivity (Wildman–Crippen MR) is 68.8 cm³/mol. The van der Waals surface area contributed by atoms with Crippen molar-refractivity contribution in [2.45, 2.75) is 6.61 Å². The minimum absolute atomic E-state index is 0.0861. The lowest BCUT2D eigenvalue weighted by Gasteiger charge is -2.10. The Labute approximate surface area is 119 Å². The molecule has 0 bridgehead atoms. The van der Waals surface area contributed by atoms with E-state index in [1.807, 2.05) is 0 Å². The number of esters is 1. The number of rotatable bonds is 7. The molecule has 8 heteroatoms. The Bertz CT molecular complexity index is 545. The molecule has 0 saturated carbocycles. The number of primary amides is 1. The van der Waals surface area contributed by atoms with Gasteiger partial charge in [-0.3, -0.25) is 4.79 Å². The molecule has 0 radical (unpaired) electrons. The molecule has 21 heavy (non-hydrogen) atoms. The van der Waals surface area contributed by atoms with Crippen LogP contribution in [0.5, 0.6) is 11.5 Å². The fourth-order valence-electron chi connectivity index (χ4n) is 1.34. The van der Waals surface area contributed by atoms with Crippen molar-refractivity contribution in [1.29, 1.82) is 0 Å². The Hall–Kier alpha value is -2.64. The first-order valence-corrected chi connectivity index (χ1v) is 5.68. The van der Waals surface area contributed by atoms with E-state index in [9.17, 15) is 18.4 Å². The number of methoxy groups -OCH3 is 1. The first kappa shape index (κ1) is 16.4. The molecule has 0 aliphatic rings. The second-order valence-corrected chi connectivity index (χ2v) is 3.70. The minimum atomic E-state index is -2.97. The lowest BCUT2D eigenvalue weighted by atomic mass is 10.2. The molecule has 0 saturated heterocycles. The molecule has 0 fully saturated rings. The lowest BCUT2D eigenvalue weighted by Crippen LogP contribution is -2.19. The monoisotopic (exact) mass is 301 g/mol. The van der Waals surface area contributed by atoms with E-state index in [4.69, 9.17) is 10.5 Å². The van der Waals surface area contributed by atoms with Crippen LogP contribution in [0.25, 0.3) is 6.08 Å². The van der Waals surface area contributed by atoms with E-state index in [0.29, 0.717) is 5.56 Å². The van der Waals surface area contributed by atoms with Crippen LogP contribution in [0.4, 0.5) is 8.78 Å². The number of ether oxygens (including phenoxy) is 3. The van der Waals surface area contributed by atoms with Crippen LogP contribution in [0.2, 0.25) is 0 Å². The number of carbonyl (C=O) groups excluding carboxylic acids is 2. The molecule has 0 atom stereocenters. The zero-order chi connectivity index (χ0) is 15.8. The third-order valence-corrected chi connectivity index (χ3v) is 2.17. The number of hydrogen-bond donors (Lipinski definition) is 1. The van der Waals surface area contributed by atoms with Gasteiger partial charge in [-0.1, -0.05) is 6.07 Å². The van der Waals surface area contributed by atoms with Gasteiger partial charge < -0.3 is 19.9 Å². The van der Waals surface area contributed by atoms with Crippen molar-refractivity contribution in [2.24, 2.45) is 5.73 Å². The highest BCUT2D eigenvalue weighted by molar-refractivity contribution is 5.89. The second-order valence-electron chi connectivity index (χ2n) is 3.70. The number of alkyl halides is 2. The summed E-state index contributed by atoms with van der Waals surface area (Å²) < 4.78 is 38.0. The summed E-state index contributed by atoms with van der Waals surface area (Å²) in [5.41, 5.74) is 5.30. The fraction of sp³-hybridized carbons (Fsp3) is 0.231. The number of halogens is 2. The van der Waals surface area contributed by atoms with Crippen LogP contribution in [0.1, 0.15) is 5.56 Å². The number of hydrogen-bond acceptors (Lipinski definition) is 5. The van der Waals surface area contributed by atoms with Crippen LogP contribution in [-0.2, 0) is 14.3 Å². The zero-order valence-electron chi connectivity index (χ0n) is 11.0. The lowest BCUT2D eigenvalue weighted by molar-refractivity contribution is -0.142. The fourth-order valence-corrected chi connectivity index (χ4v) is 1.34. The number of carbonyl (C=O) groups is 2. The van der Waals surface area contributed by atoms with E-state index >= 15 is 0 Å². The van der Waals surface area contributed by atoms with Crippen molar-refractivity contribution < 1.29 is 32.6 Å². The topological polar surface area (TPSA) is 87.9 Å². The molecule has 0 aliphatic carbocycles. The average molecular weight is 301 g/mol. The van der Waals surface area contributed by atoms with Gasteiger partial charge in [0.1, 0.15) is 0 Å². The van der Waals surface area contributed by atoms with Gasteiger partial charge in [-0.15, -0.1) is 0 Å². The standard InChI is InChI=1S/C13H13F2NO5/c1-19-10-6-8(2-4-9(10)21-13(14)15)3-5-12(18)20-7-11(16)17/h2-6,13H,7H2,1H3,(H2,16,17)/b5-3+. The van der Waals surface area contributed by atoms with Crippen molar-refractivity contribution in [3.8, 4) is 11.5 Å². The highest BCUT2D eigenvalue weighted by Gasteiger charge is 2.10. The Morgan fingerprint density at radius 3 is 2.62 bits per heavy atom. The molecule has 1 aromatic rings. The van der Waals surface area contributed by atoms with Crippen LogP contribution < -0.4 is 15.2 Å². The second kappa shape index (κ2) is 7.83. The van der Waals surface area contributed by atoms with E-state index in [-0.39, 0.29) is 11.5 Å². The van der Waals surface area contributed by atoms with Crippen LogP contribution in [0.15, 0.2) is 24.3 Å². The molecule has 0 unspecified atom stereocenters. The largest absolute Gasteiger partial charge is 0.493 e. The summed E-state index contributed by atoms with van der Waals surface area (Å²) in [6.45, 7) is -3.49. The molecule has 0 heterocycles. The van der Waals surface area contributed by atoms with Gasteiger partial charge in [0.2, 0.25) is 0 Å². The summed E-state index contributed by atoms with van der Waals surface area (Å²) in [5, 5.41) is 0. The normalized spacial score (nSPS) is 10.7. The third-order valence-electron chi connectivity index (χ3n) is 2.17. The summed E-state index contributed by atoms with van der Waals surface area (Å²) in [7, 11) is 1.29. The maximum atomic E-state index is 12.2. The van der Waals surface area contributed by atoms with E-state index in [2.05, 4.69) is 9.47 Å². The number of nitrogens with two attached hydrogens (primary N) is 1. The van der Waals surface area contributed by atoms with Gasteiger partial charge in [-0.05, 0) is 23.8 Å². The smallest absolute Gasteiger partial charge is 0.387 e. The van der Waals surface area contributed by atoms with E-state index in [1.54, 1.807) is 0 Å². The maximum absolute atomic E-state index is 12.2. The molecular weight excluding hydrogens is 288 g/mol. The van der Waals surface area contributed by atoms with Crippen LogP contribution >= 0.6 is 0 Å². The Kier molecular flexibility index (Phi) is 6.12. The molecular formula is C13H13F2NO5. The Morgan fingerprint density at radius 1 is 1.33 bits per heavy atom.